The average molecular weight is 211 g/mol. The van der Waals surface area contributed by atoms with Crippen molar-refractivity contribution in [1.29, 1.82) is 0 Å². The molecule has 0 aliphatic carbocycles. The molecule has 0 radical (unpaired) electrons. The predicted molar refractivity (Wildman–Crippen MR) is 57.9 cm³/mol. The molecule has 0 aromatic carbocycles. The molecule has 2 rings (SSSR count). The fourth-order valence-corrected chi connectivity index (χ4v) is 2.33. The number of hydrogen-bond donors (Lipinski definition) is 1. The predicted octanol–water partition coefficient (Wildman–Crippen LogP) is 1.70. The third-order valence-electron chi connectivity index (χ3n) is 2.21. The molecule has 1 saturated heterocycles. The zero-order valence-electron chi connectivity index (χ0n) is 8.12. The lowest BCUT2D eigenvalue weighted by molar-refractivity contribution is -0.114. The lowest BCUT2D eigenvalue weighted by Crippen LogP contribution is -2.18. The van der Waals surface area contributed by atoms with Crippen molar-refractivity contribution in [3.05, 3.63) is 5.38 Å². The number of hydrogen-bond acceptors (Lipinski definition) is 4. The van der Waals surface area contributed by atoms with Crippen LogP contribution in [0.3, 0.4) is 0 Å². The Labute approximate surface area is 86.9 Å². The molecule has 2 heterocycles. The van der Waals surface area contributed by atoms with E-state index in [0.717, 1.165) is 18.9 Å². The number of carbonyl (C=O) groups is 1. The van der Waals surface area contributed by atoms with Crippen molar-refractivity contribution < 1.29 is 4.79 Å². The van der Waals surface area contributed by atoms with E-state index in [1.54, 1.807) is 0 Å². The number of thiazole rings is 1. The van der Waals surface area contributed by atoms with E-state index in [4.69, 9.17) is 0 Å². The van der Waals surface area contributed by atoms with E-state index in [0.29, 0.717) is 5.13 Å². The second-order valence-corrected chi connectivity index (χ2v) is 4.24. The molecular formula is C9H13N3OS. The summed E-state index contributed by atoms with van der Waals surface area (Å²) >= 11 is 1.48. The summed E-state index contributed by atoms with van der Waals surface area (Å²) < 4.78 is 0. The number of carbonyl (C=O) groups excluding carboxylic acids is 1. The highest BCUT2D eigenvalue weighted by Gasteiger charge is 2.15. The lowest BCUT2D eigenvalue weighted by atomic mass is 10.4. The van der Waals surface area contributed by atoms with Crippen molar-refractivity contribution in [2.75, 3.05) is 23.3 Å². The van der Waals surface area contributed by atoms with Crippen LogP contribution in [0.15, 0.2) is 5.38 Å². The van der Waals surface area contributed by atoms with E-state index in [-0.39, 0.29) is 5.91 Å². The first kappa shape index (κ1) is 9.45. The van der Waals surface area contributed by atoms with Gasteiger partial charge in [-0.2, -0.15) is 0 Å². The van der Waals surface area contributed by atoms with E-state index in [2.05, 4.69) is 15.2 Å². The number of amides is 1. The zero-order chi connectivity index (χ0) is 9.97. The molecule has 1 aromatic rings. The van der Waals surface area contributed by atoms with E-state index in [9.17, 15) is 4.79 Å². The van der Waals surface area contributed by atoms with Gasteiger partial charge in [-0.15, -0.1) is 11.3 Å². The van der Waals surface area contributed by atoms with Gasteiger partial charge in [-0.05, 0) is 12.8 Å². The van der Waals surface area contributed by atoms with Gasteiger partial charge in [-0.25, -0.2) is 4.98 Å². The summed E-state index contributed by atoms with van der Waals surface area (Å²) in [5.41, 5.74) is 0. The zero-order valence-corrected chi connectivity index (χ0v) is 8.93. The van der Waals surface area contributed by atoms with Crippen molar-refractivity contribution in [1.82, 2.24) is 4.98 Å². The molecule has 5 heteroatoms. The third kappa shape index (κ3) is 2.04. The highest BCUT2D eigenvalue weighted by molar-refractivity contribution is 7.14. The largest absolute Gasteiger partial charge is 0.356 e. The van der Waals surface area contributed by atoms with Crippen molar-refractivity contribution in [2.24, 2.45) is 0 Å². The maximum Gasteiger partial charge on any atom is 0.223 e. The molecule has 1 aliphatic rings. The molecule has 0 spiro atoms. The third-order valence-corrected chi connectivity index (χ3v) is 2.95. The standard InChI is InChI=1S/C9H13N3OS/c1-7(13)10-9-11-8(6-14-9)12-4-2-3-5-12/h6H,2-5H2,1H3,(H,10,11,13). The van der Waals surface area contributed by atoms with Crippen LogP contribution in [-0.4, -0.2) is 24.0 Å². The monoisotopic (exact) mass is 211 g/mol. The molecule has 0 atom stereocenters. The van der Waals surface area contributed by atoms with Crippen LogP contribution in [0.2, 0.25) is 0 Å². The van der Waals surface area contributed by atoms with Crippen LogP contribution >= 0.6 is 11.3 Å². The van der Waals surface area contributed by atoms with Crippen LogP contribution in [0, 0.1) is 0 Å². The average Bonchev–Trinajstić information content (AvgIpc) is 2.69. The Bertz CT molecular complexity index is 331. The molecule has 1 aliphatic heterocycles. The van der Waals surface area contributed by atoms with E-state index >= 15 is 0 Å². The lowest BCUT2D eigenvalue weighted by Gasteiger charge is -2.12. The smallest absolute Gasteiger partial charge is 0.223 e. The maximum absolute atomic E-state index is 10.8. The minimum atomic E-state index is -0.0627. The second-order valence-electron chi connectivity index (χ2n) is 3.39. The Morgan fingerprint density at radius 3 is 2.93 bits per heavy atom. The van der Waals surface area contributed by atoms with Crippen molar-refractivity contribution in [3.63, 3.8) is 0 Å². The van der Waals surface area contributed by atoms with Gasteiger partial charge in [0.05, 0.1) is 0 Å². The minimum Gasteiger partial charge on any atom is -0.356 e. The molecule has 76 valence electrons. The van der Waals surface area contributed by atoms with Crippen LogP contribution < -0.4 is 10.2 Å². The van der Waals surface area contributed by atoms with Gasteiger partial charge >= 0.3 is 0 Å². The molecule has 0 unspecified atom stereocenters. The molecule has 14 heavy (non-hydrogen) atoms. The van der Waals surface area contributed by atoms with E-state index in [1.807, 2.05) is 5.38 Å². The molecular weight excluding hydrogens is 198 g/mol. The normalized spacial score (nSPS) is 15.9. The fraction of sp³-hybridized carbons (Fsp3) is 0.556. The van der Waals surface area contributed by atoms with Gasteiger partial charge < -0.3 is 10.2 Å². The van der Waals surface area contributed by atoms with Gasteiger partial charge in [0.2, 0.25) is 5.91 Å². The van der Waals surface area contributed by atoms with Crippen molar-refractivity contribution in [2.45, 2.75) is 19.8 Å². The van der Waals surface area contributed by atoms with E-state index < -0.39 is 0 Å². The summed E-state index contributed by atoms with van der Waals surface area (Å²) in [7, 11) is 0. The van der Waals surface area contributed by atoms with Crippen LogP contribution in [0.25, 0.3) is 0 Å². The molecule has 1 fully saturated rings. The van der Waals surface area contributed by atoms with Gasteiger partial charge in [0.25, 0.3) is 0 Å². The van der Waals surface area contributed by atoms with Gasteiger partial charge in [-0.3, -0.25) is 4.79 Å². The quantitative estimate of drug-likeness (QED) is 0.810. The van der Waals surface area contributed by atoms with Crippen molar-refractivity contribution in [3.8, 4) is 0 Å². The van der Waals surface area contributed by atoms with Crippen molar-refractivity contribution >= 4 is 28.2 Å². The first-order chi connectivity index (χ1) is 6.75. The summed E-state index contributed by atoms with van der Waals surface area (Å²) in [6.07, 6.45) is 2.49. The SMILES string of the molecule is CC(=O)Nc1nc(N2CCCC2)cs1. The summed E-state index contributed by atoms with van der Waals surface area (Å²) in [4.78, 5) is 17.4. The summed E-state index contributed by atoms with van der Waals surface area (Å²) in [6.45, 7) is 3.67. The highest BCUT2D eigenvalue weighted by atomic mass is 32.1. The first-order valence-corrected chi connectivity index (χ1v) is 5.62. The fourth-order valence-electron chi connectivity index (χ4n) is 1.56. The molecule has 0 saturated carbocycles. The minimum absolute atomic E-state index is 0.0627. The van der Waals surface area contributed by atoms with Crippen LogP contribution in [-0.2, 0) is 4.79 Å². The van der Waals surface area contributed by atoms with Crippen LogP contribution in [0.4, 0.5) is 10.9 Å². The Morgan fingerprint density at radius 2 is 2.29 bits per heavy atom. The number of anilines is 2. The maximum atomic E-state index is 10.8. The molecule has 4 nitrogen and oxygen atoms in total. The topological polar surface area (TPSA) is 45.2 Å². The number of aromatic nitrogens is 1. The van der Waals surface area contributed by atoms with Gasteiger partial charge in [0.15, 0.2) is 5.13 Å². The summed E-state index contributed by atoms with van der Waals surface area (Å²) in [5.74, 6) is 0.934. The van der Waals surface area contributed by atoms with Gasteiger partial charge in [0, 0.05) is 25.4 Å². The second kappa shape index (κ2) is 3.96. The Balaban J connectivity index is 2.05. The summed E-state index contributed by atoms with van der Waals surface area (Å²) in [5, 5.41) is 5.38. The number of nitrogens with one attached hydrogen (secondary N) is 1. The molecule has 1 amide bonds. The molecule has 1 N–H and O–H groups in total. The van der Waals surface area contributed by atoms with E-state index in [1.165, 1.54) is 31.1 Å². The molecule has 0 bridgehead atoms. The Kier molecular flexibility index (Phi) is 2.67. The first-order valence-electron chi connectivity index (χ1n) is 4.74. The summed E-state index contributed by atoms with van der Waals surface area (Å²) in [6, 6.07) is 0. The Morgan fingerprint density at radius 1 is 1.57 bits per heavy atom. The van der Waals surface area contributed by atoms with Gasteiger partial charge in [-0.1, -0.05) is 0 Å². The van der Waals surface area contributed by atoms with Crippen LogP contribution in [0.1, 0.15) is 19.8 Å². The van der Waals surface area contributed by atoms with Crippen LogP contribution in [0.5, 0.6) is 0 Å². The Hall–Kier alpha value is -1.10. The number of rotatable bonds is 2. The number of nitrogens with zero attached hydrogens (tertiary/aromatic N) is 2. The highest BCUT2D eigenvalue weighted by Crippen LogP contribution is 2.25. The molecule has 1 aromatic heterocycles. The van der Waals surface area contributed by atoms with Gasteiger partial charge in [0.1, 0.15) is 5.82 Å².